The Hall–Kier alpha value is -1.49. The Labute approximate surface area is 111 Å². The van der Waals surface area contributed by atoms with E-state index in [9.17, 15) is 13.6 Å². The first-order valence-corrected chi connectivity index (χ1v) is 6.34. The summed E-state index contributed by atoms with van der Waals surface area (Å²) in [7, 11) is 1.63. The lowest BCUT2D eigenvalue weighted by molar-refractivity contribution is -0.130. The molecular weight excluding hydrogens is 252 g/mol. The number of benzene rings is 1. The molecule has 1 fully saturated rings. The molecule has 104 valence electrons. The number of amides is 1. The molecule has 19 heavy (non-hydrogen) atoms. The predicted molar refractivity (Wildman–Crippen MR) is 66.7 cm³/mol. The van der Waals surface area contributed by atoms with Crippen molar-refractivity contribution >= 4 is 5.91 Å². The zero-order valence-electron chi connectivity index (χ0n) is 10.9. The number of ether oxygens (including phenoxy) is 1. The second-order valence-corrected chi connectivity index (χ2v) is 4.72. The Balaban J connectivity index is 1.87. The molecule has 0 aromatic heterocycles. The van der Waals surface area contributed by atoms with Crippen molar-refractivity contribution in [1.29, 1.82) is 0 Å². The van der Waals surface area contributed by atoms with E-state index in [0.717, 1.165) is 12.5 Å². The number of hydrogen-bond donors (Lipinski definition) is 0. The molecule has 1 heterocycles. The van der Waals surface area contributed by atoms with E-state index in [-0.39, 0.29) is 18.4 Å². The highest BCUT2D eigenvalue weighted by atomic mass is 19.1. The summed E-state index contributed by atoms with van der Waals surface area (Å²) in [5.41, 5.74) is 0.372. The van der Waals surface area contributed by atoms with Gasteiger partial charge in [-0.2, -0.15) is 0 Å². The number of likely N-dealkylation sites (tertiary alicyclic amines) is 1. The van der Waals surface area contributed by atoms with Crippen LogP contribution in [0.2, 0.25) is 0 Å². The van der Waals surface area contributed by atoms with Gasteiger partial charge in [-0.25, -0.2) is 8.78 Å². The quantitative estimate of drug-likeness (QED) is 0.838. The van der Waals surface area contributed by atoms with E-state index >= 15 is 0 Å². The molecule has 1 atom stereocenters. The van der Waals surface area contributed by atoms with E-state index in [4.69, 9.17) is 4.74 Å². The summed E-state index contributed by atoms with van der Waals surface area (Å²) in [6.45, 7) is 1.28. The summed E-state index contributed by atoms with van der Waals surface area (Å²) in [5.74, 6) is -1.21. The lowest BCUT2D eigenvalue weighted by atomic mass is 10.1. The third-order valence-corrected chi connectivity index (χ3v) is 3.45. The third kappa shape index (κ3) is 3.50. The third-order valence-electron chi connectivity index (χ3n) is 3.45. The molecular formula is C14H17F2NO2. The highest BCUT2D eigenvalue weighted by Crippen LogP contribution is 2.16. The van der Waals surface area contributed by atoms with Crippen LogP contribution in [0.4, 0.5) is 8.78 Å². The minimum atomic E-state index is -0.602. The van der Waals surface area contributed by atoms with Crippen LogP contribution in [0, 0.1) is 11.6 Å². The topological polar surface area (TPSA) is 29.5 Å². The summed E-state index contributed by atoms with van der Waals surface area (Å²) in [4.78, 5) is 13.7. The van der Waals surface area contributed by atoms with Crippen LogP contribution >= 0.6 is 0 Å². The van der Waals surface area contributed by atoms with Crippen molar-refractivity contribution in [2.75, 3.05) is 20.2 Å². The molecule has 1 unspecified atom stereocenters. The smallest absolute Gasteiger partial charge is 0.222 e. The van der Waals surface area contributed by atoms with Crippen molar-refractivity contribution in [2.45, 2.75) is 25.4 Å². The number of carbonyl (C=O) groups excluding carboxylic acids is 1. The average molecular weight is 269 g/mol. The minimum absolute atomic E-state index is 0.0109. The van der Waals surface area contributed by atoms with Crippen LogP contribution in [0.25, 0.3) is 0 Å². The molecule has 0 saturated carbocycles. The van der Waals surface area contributed by atoms with Crippen LogP contribution in [0.5, 0.6) is 0 Å². The molecule has 1 aromatic rings. The molecule has 0 radical (unpaired) electrons. The van der Waals surface area contributed by atoms with Gasteiger partial charge in [0.25, 0.3) is 0 Å². The van der Waals surface area contributed by atoms with Gasteiger partial charge in [-0.15, -0.1) is 0 Å². The molecule has 1 amide bonds. The maximum Gasteiger partial charge on any atom is 0.222 e. The van der Waals surface area contributed by atoms with Crippen LogP contribution < -0.4 is 0 Å². The first kappa shape index (κ1) is 13.9. The van der Waals surface area contributed by atoms with Gasteiger partial charge in [-0.3, -0.25) is 4.79 Å². The Morgan fingerprint density at radius 3 is 2.89 bits per heavy atom. The average Bonchev–Trinajstić information content (AvgIpc) is 2.86. The van der Waals surface area contributed by atoms with Crippen molar-refractivity contribution in [3.8, 4) is 0 Å². The number of halogens is 2. The number of hydrogen-bond acceptors (Lipinski definition) is 2. The number of rotatable bonds is 4. The molecule has 1 saturated heterocycles. The fourth-order valence-electron chi connectivity index (χ4n) is 2.27. The van der Waals surface area contributed by atoms with Gasteiger partial charge >= 0.3 is 0 Å². The molecule has 2 rings (SSSR count). The Morgan fingerprint density at radius 2 is 2.26 bits per heavy atom. The van der Waals surface area contributed by atoms with Crippen LogP contribution in [0.15, 0.2) is 18.2 Å². The molecule has 0 N–H and O–H groups in total. The maximum absolute atomic E-state index is 13.4. The van der Waals surface area contributed by atoms with E-state index in [2.05, 4.69) is 0 Å². The van der Waals surface area contributed by atoms with Gasteiger partial charge in [0.15, 0.2) is 0 Å². The largest absolute Gasteiger partial charge is 0.380 e. The molecule has 0 aliphatic carbocycles. The minimum Gasteiger partial charge on any atom is -0.380 e. The van der Waals surface area contributed by atoms with Gasteiger partial charge in [-0.1, -0.05) is 6.07 Å². The fourth-order valence-corrected chi connectivity index (χ4v) is 2.27. The molecule has 3 nitrogen and oxygen atoms in total. The SMILES string of the molecule is COC1CCN(C(=O)CCc2ccc(F)cc2F)C1. The van der Waals surface area contributed by atoms with Gasteiger partial charge in [0.2, 0.25) is 5.91 Å². The lowest BCUT2D eigenvalue weighted by Gasteiger charge is -2.16. The Bertz CT molecular complexity index is 465. The van der Waals surface area contributed by atoms with E-state index in [1.807, 2.05) is 0 Å². The first-order valence-electron chi connectivity index (χ1n) is 6.34. The monoisotopic (exact) mass is 269 g/mol. The molecule has 0 spiro atoms. The predicted octanol–water partition coefficient (Wildman–Crippen LogP) is 2.14. The molecule has 1 aliphatic heterocycles. The standard InChI is InChI=1S/C14H17F2NO2/c1-19-12-6-7-17(9-12)14(18)5-3-10-2-4-11(15)8-13(10)16/h2,4,8,12H,3,5-7,9H2,1H3. The maximum atomic E-state index is 13.4. The van der Waals surface area contributed by atoms with Crippen molar-refractivity contribution in [3.63, 3.8) is 0 Å². The summed E-state index contributed by atoms with van der Waals surface area (Å²) in [6, 6.07) is 3.44. The van der Waals surface area contributed by atoms with Gasteiger partial charge < -0.3 is 9.64 Å². The van der Waals surface area contributed by atoms with Gasteiger partial charge in [-0.05, 0) is 24.5 Å². The second kappa shape index (κ2) is 6.10. The van der Waals surface area contributed by atoms with Gasteiger partial charge in [0.05, 0.1) is 6.10 Å². The van der Waals surface area contributed by atoms with Crippen LogP contribution in [0.1, 0.15) is 18.4 Å². The molecule has 1 aliphatic rings. The normalized spacial score (nSPS) is 18.9. The lowest BCUT2D eigenvalue weighted by Crippen LogP contribution is -2.30. The van der Waals surface area contributed by atoms with Gasteiger partial charge in [0.1, 0.15) is 11.6 Å². The summed E-state index contributed by atoms with van der Waals surface area (Å²) in [6.07, 6.45) is 1.47. The number of nitrogens with zero attached hydrogens (tertiary/aromatic N) is 1. The van der Waals surface area contributed by atoms with E-state index in [1.165, 1.54) is 12.1 Å². The number of aryl methyl sites for hydroxylation is 1. The second-order valence-electron chi connectivity index (χ2n) is 4.72. The first-order chi connectivity index (χ1) is 9.10. The van der Waals surface area contributed by atoms with E-state index in [1.54, 1.807) is 12.0 Å². The van der Waals surface area contributed by atoms with E-state index in [0.29, 0.717) is 25.1 Å². The van der Waals surface area contributed by atoms with Crippen molar-refractivity contribution in [1.82, 2.24) is 4.90 Å². The molecule has 5 heteroatoms. The Morgan fingerprint density at radius 1 is 1.47 bits per heavy atom. The molecule has 0 bridgehead atoms. The van der Waals surface area contributed by atoms with Crippen LogP contribution in [-0.4, -0.2) is 37.1 Å². The fraction of sp³-hybridized carbons (Fsp3) is 0.500. The highest BCUT2D eigenvalue weighted by Gasteiger charge is 2.25. The highest BCUT2D eigenvalue weighted by molar-refractivity contribution is 5.76. The Kier molecular flexibility index (Phi) is 4.47. The number of carbonyl (C=O) groups is 1. The van der Waals surface area contributed by atoms with Crippen LogP contribution in [-0.2, 0) is 16.0 Å². The number of methoxy groups -OCH3 is 1. The van der Waals surface area contributed by atoms with Crippen molar-refractivity contribution < 1.29 is 18.3 Å². The summed E-state index contributed by atoms with van der Waals surface area (Å²) < 4.78 is 31.3. The zero-order chi connectivity index (χ0) is 13.8. The summed E-state index contributed by atoms with van der Waals surface area (Å²) in [5, 5.41) is 0. The zero-order valence-corrected chi connectivity index (χ0v) is 10.9. The van der Waals surface area contributed by atoms with Gasteiger partial charge in [0, 0.05) is 32.7 Å². The van der Waals surface area contributed by atoms with Crippen molar-refractivity contribution in [2.24, 2.45) is 0 Å². The van der Waals surface area contributed by atoms with Crippen LogP contribution in [0.3, 0.4) is 0 Å². The molecule has 1 aromatic carbocycles. The summed E-state index contributed by atoms with van der Waals surface area (Å²) >= 11 is 0. The van der Waals surface area contributed by atoms with E-state index < -0.39 is 11.6 Å². The van der Waals surface area contributed by atoms with Crippen molar-refractivity contribution in [3.05, 3.63) is 35.4 Å².